The summed E-state index contributed by atoms with van der Waals surface area (Å²) in [6.45, 7) is 2.17. The second kappa shape index (κ2) is 4.56. The van der Waals surface area contributed by atoms with Gasteiger partial charge in [0.25, 0.3) is 0 Å². The lowest BCUT2D eigenvalue weighted by atomic mass is 10.1. The van der Waals surface area contributed by atoms with Crippen molar-refractivity contribution in [2.24, 2.45) is 11.7 Å². The van der Waals surface area contributed by atoms with Crippen molar-refractivity contribution in [1.29, 1.82) is 0 Å². The van der Waals surface area contributed by atoms with Gasteiger partial charge in [-0.2, -0.15) is 0 Å². The molecule has 0 spiro atoms. The van der Waals surface area contributed by atoms with Crippen molar-refractivity contribution < 1.29 is 4.79 Å². The molecule has 1 saturated carbocycles. The molecule has 0 heterocycles. The topological polar surface area (TPSA) is 55.1 Å². The fourth-order valence-electron chi connectivity index (χ4n) is 1.78. The minimum Gasteiger partial charge on any atom is -0.393 e. The molecule has 0 aromatic rings. The number of rotatable bonds is 3. The van der Waals surface area contributed by atoms with Gasteiger partial charge in [0, 0.05) is 6.04 Å². The van der Waals surface area contributed by atoms with E-state index in [-0.39, 0.29) is 17.3 Å². The summed E-state index contributed by atoms with van der Waals surface area (Å²) in [5, 5.41) is 2.95. The molecule has 2 atom stereocenters. The first-order valence-corrected chi connectivity index (χ1v) is 5.08. The van der Waals surface area contributed by atoms with E-state index < -0.39 is 0 Å². The summed E-state index contributed by atoms with van der Waals surface area (Å²) in [6, 6.07) is 0.335. The highest BCUT2D eigenvalue weighted by molar-refractivity contribution is 7.80. The van der Waals surface area contributed by atoms with Gasteiger partial charge in [0.2, 0.25) is 5.91 Å². The van der Waals surface area contributed by atoms with E-state index in [2.05, 4.69) is 24.5 Å². The summed E-state index contributed by atoms with van der Waals surface area (Å²) in [5.74, 6) is 0.557. The van der Waals surface area contributed by atoms with Gasteiger partial charge in [0.1, 0.15) is 0 Å². The zero-order valence-electron chi connectivity index (χ0n) is 7.88. The second-order valence-corrected chi connectivity index (χ2v) is 4.25. The fourth-order valence-corrected chi connectivity index (χ4v) is 1.91. The van der Waals surface area contributed by atoms with Crippen LogP contribution in [0.4, 0.5) is 0 Å². The quantitative estimate of drug-likeness (QED) is 0.667. The molecule has 3 nitrogen and oxygen atoms in total. The summed E-state index contributed by atoms with van der Waals surface area (Å²) < 4.78 is 0. The Labute approximate surface area is 84.1 Å². The van der Waals surface area contributed by atoms with E-state index in [1.807, 2.05) is 0 Å². The van der Waals surface area contributed by atoms with Crippen LogP contribution in [-0.2, 0) is 4.79 Å². The maximum absolute atomic E-state index is 11.3. The number of nitrogens with one attached hydrogen (secondary N) is 1. The first-order valence-electron chi connectivity index (χ1n) is 4.67. The molecule has 0 saturated heterocycles. The van der Waals surface area contributed by atoms with Crippen LogP contribution in [0.2, 0.25) is 0 Å². The van der Waals surface area contributed by atoms with E-state index in [4.69, 9.17) is 5.73 Å². The maximum Gasteiger partial charge on any atom is 0.227 e. The Hall–Kier alpha value is -0.640. The van der Waals surface area contributed by atoms with Crippen molar-refractivity contribution in [2.45, 2.75) is 38.6 Å². The average molecular weight is 200 g/mol. The molecular weight excluding hydrogens is 184 g/mol. The van der Waals surface area contributed by atoms with Crippen LogP contribution in [0, 0.1) is 5.92 Å². The van der Waals surface area contributed by atoms with E-state index in [0.717, 1.165) is 6.42 Å². The Morgan fingerprint density at radius 1 is 1.62 bits per heavy atom. The van der Waals surface area contributed by atoms with Gasteiger partial charge in [-0.05, 0) is 18.8 Å². The molecule has 2 unspecified atom stereocenters. The summed E-state index contributed by atoms with van der Waals surface area (Å²) in [6.07, 6.45) is 3.68. The van der Waals surface area contributed by atoms with Crippen molar-refractivity contribution in [2.75, 3.05) is 0 Å². The summed E-state index contributed by atoms with van der Waals surface area (Å²) in [4.78, 5) is 11.5. The van der Waals surface area contributed by atoms with E-state index in [1.54, 1.807) is 0 Å². The lowest BCUT2D eigenvalue weighted by Crippen LogP contribution is -2.38. The van der Waals surface area contributed by atoms with Crippen molar-refractivity contribution in [3.63, 3.8) is 0 Å². The number of nitrogens with two attached hydrogens (primary N) is 1. The molecule has 1 amide bonds. The molecule has 0 bridgehead atoms. The molecule has 74 valence electrons. The van der Waals surface area contributed by atoms with Gasteiger partial charge in [-0.15, -0.1) is 0 Å². The molecule has 4 heteroatoms. The van der Waals surface area contributed by atoms with Crippen molar-refractivity contribution in [1.82, 2.24) is 5.32 Å². The van der Waals surface area contributed by atoms with Crippen LogP contribution in [0.15, 0.2) is 0 Å². The van der Waals surface area contributed by atoms with Gasteiger partial charge >= 0.3 is 0 Å². The Balaban J connectivity index is 2.31. The predicted molar refractivity (Wildman–Crippen MR) is 56.3 cm³/mol. The van der Waals surface area contributed by atoms with Crippen LogP contribution in [0.25, 0.3) is 0 Å². The van der Waals surface area contributed by atoms with E-state index >= 15 is 0 Å². The fraction of sp³-hybridized carbons (Fsp3) is 0.778. The molecule has 13 heavy (non-hydrogen) atoms. The van der Waals surface area contributed by atoms with Gasteiger partial charge in [0.05, 0.1) is 11.4 Å². The number of carbonyl (C=O) groups is 1. The number of thiocarbonyl (C=S) groups is 1. The van der Waals surface area contributed by atoms with Crippen molar-refractivity contribution >= 4 is 23.1 Å². The first-order chi connectivity index (χ1) is 6.09. The highest BCUT2D eigenvalue weighted by Gasteiger charge is 2.24. The molecule has 1 aliphatic carbocycles. The van der Waals surface area contributed by atoms with Crippen molar-refractivity contribution in [3.8, 4) is 0 Å². The van der Waals surface area contributed by atoms with Crippen LogP contribution in [0.5, 0.6) is 0 Å². The van der Waals surface area contributed by atoms with Gasteiger partial charge in [-0.3, -0.25) is 4.79 Å². The van der Waals surface area contributed by atoms with Crippen LogP contribution in [-0.4, -0.2) is 16.9 Å². The Bertz CT molecular complexity index is 218. The predicted octanol–water partition coefficient (Wildman–Crippen LogP) is 0.967. The minimum absolute atomic E-state index is 0.0359. The van der Waals surface area contributed by atoms with Gasteiger partial charge < -0.3 is 11.1 Å². The smallest absolute Gasteiger partial charge is 0.227 e. The normalized spacial score (nSPS) is 27.2. The van der Waals surface area contributed by atoms with Crippen LogP contribution < -0.4 is 11.1 Å². The molecule has 1 fully saturated rings. The van der Waals surface area contributed by atoms with Crippen LogP contribution in [0.1, 0.15) is 32.6 Å². The Morgan fingerprint density at radius 2 is 2.31 bits per heavy atom. The summed E-state index contributed by atoms with van der Waals surface area (Å²) in [5.41, 5.74) is 5.27. The zero-order valence-corrected chi connectivity index (χ0v) is 8.69. The van der Waals surface area contributed by atoms with Crippen LogP contribution in [0.3, 0.4) is 0 Å². The number of hydrogen-bond acceptors (Lipinski definition) is 2. The largest absolute Gasteiger partial charge is 0.393 e. The zero-order chi connectivity index (χ0) is 9.84. The third-order valence-corrected chi connectivity index (χ3v) is 2.69. The third kappa shape index (κ3) is 3.30. The first kappa shape index (κ1) is 10.4. The molecule has 0 radical (unpaired) electrons. The van der Waals surface area contributed by atoms with Gasteiger partial charge in [0.15, 0.2) is 0 Å². The molecule has 1 aliphatic rings. The lowest BCUT2D eigenvalue weighted by molar-refractivity contribution is -0.120. The third-order valence-electron chi connectivity index (χ3n) is 2.54. The lowest BCUT2D eigenvalue weighted by Gasteiger charge is -2.16. The molecule has 0 aromatic heterocycles. The Kier molecular flexibility index (Phi) is 3.66. The molecule has 3 N–H and O–H groups in total. The van der Waals surface area contributed by atoms with E-state index in [0.29, 0.717) is 12.0 Å². The Morgan fingerprint density at radius 3 is 2.77 bits per heavy atom. The van der Waals surface area contributed by atoms with Gasteiger partial charge in [-0.1, -0.05) is 25.6 Å². The highest BCUT2D eigenvalue weighted by atomic mass is 32.1. The van der Waals surface area contributed by atoms with Crippen LogP contribution >= 0.6 is 12.2 Å². The summed E-state index contributed by atoms with van der Waals surface area (Å²) >= 11 is 4.66. The highest BCUT2D eigenvalue weighted by Crippen LogP contribution is 2.24. The maximum atomic E-state index is 11.3. The average Bonchev–Trinajstić information content (AvgIpc) is 2.34. The number of amides is 1. The molecule has 1 rings (SSSR count). The monoisotopic (exact) mass is 200 g/mol. The van der Waals surface area contributed by atoms with E-state index in [1.165, 1.54) is 12.8 Å². The van der Waals surface area contributed by atoms with Gasteiger partial charge in [-0.25, -0.2) is 0 Å². The number of hydrogen-bond donors (Lipinski definition) is 2. The molecule has 0 aromatic carbocycles. The standard InChI is InChI=1S/C9H16N2OS/c1-6-3-2-4-7(6)11-9(12)5-8(10)13/h6-7H,2-5H2,1H3,(H2,10,13)(H,11,12). The second-order valence-electron chi connectivity index (χ2n) is 3.73. The van der Waals surface area contributed by atoms with Crippen molar-refractivity contribution in [3.05, 3.63) is 0 Å². The number of carbonyl (C=O) groups excluding carboxylic acids is 1. The molecule has 0 aliphatic heterocycles. The van der Waals surface area contributed by atoms with E-state index in [9.17, 15) is 4.79 Å². The summed E-state index contributed by atoms with van der Waals surface area (Å²) in [7, 11) is 0. The molecular formula is C9H16N2OS. The minimum atomic E-state index is -0.0359. The SMILES string of the molecule is CC1CCCC1NC(=O)CC(N)=S.